The molecule has 0 bridgehead atoms. The molecule has 0 saturated heterocycles. The van der Waals surface area contributed by atoms with Gasteiger partial charge in [-0.3, -0.25) is 9.59 Å². The van der Waals surface area contributed by atoms with Crippen LogP contribution in [0.15, 0.2) is 48.5 Å². The minimum absolute atomic E-state index is 0.0407. The SMILES string of the molecule is CCC(CN(Cc1ccc(OC)cc1C(F)(F)F)C(=O)c1ccccc1)C(=O)O. The molecule has 0 spiro atoms. The number of carboxylic acid groups (broad SMARTS) is 1. The number of aliphatic carboxylic acids is 1. The zero-order valence-electron chi connectivity index (χ0n) is 16.1. The van der Waals surface area contributed by atoms with Crippen LogP contribution in [-0.4, -0.2) is 35.5 Å². The number of amides is 1. The lowest BCUT2D eigenvalue weighted by atomic mass is 10.0. The van der Waals surface area contributed by atoms with Gasteiger partial charge in [0.05, 0.1) is 18.6 Å². The average Bonchev–Trinajstić information content (AvgIpc) is 2.70. The molecule has 2 rings (SSSR count). The van der Waals surface area contributed by atoms with Gasteiger partial charge in [0.15, 0.2) is 0 Å². The fourth-order valence-corrected chi connectivity index (χ4v) is 2.92. The Morgan fingerprint density at radius 1 is 1.14 bits per heavy atom. The third-order valence-electron chi connectivity index (χ3n) is 4.57. The maximum absolute atomic E-state index is 13.5. The second kappa shape index (κ2) is 9.45. The first-order valence-electron chi connectivity index (χ1n) is 8.98. The highest BCUT2D eigenvalue weighted by atomic mass is 19.4. The molecule has 29 heavy (non-hydrogen) atoms. The number of halogens is 3. The summed E-state index contributed by atoms with van der Waals surface area (Å²) < 4.78 is 45.5. The van der Waals surface area contributed by atoms with Crippen molar-refractivity contribution in [1.29, 1.82) is 0 Å². The van der Waals surface area contributed by atoms with Crippen LogP contribution >= 0.6 is 0 Å². The number of hydrogen-bond donors (Lipinski definition) is 1. The van der Waals surface area contributed by atoms with Gasteiger partial charge in [-0.1, -0.05) is 31.2 Å². The van der Waals surface area contributed by atoms with E-state index >= 15 is 0 Å². The van der Waals surface area contributed by atoms with Crippen LogP contribution in [-0.2, 0) is 17.5 Å². The normalized spacial score (nSPS) is 12.3. The molecule has 1 amide bonds. The monoisotopic (exact) mass is 409 g/mol. The average molecular weight is 409 g/mol. The van der Waals surface area contributed by atoms with Gasteiger partial charge in [-0.25, -0.2) is 0 Å². The summed E-state index contributed by atoms with van der Waals surface area (Å²) in [6.07, 6.45) is -4.41. The second-order valence-electron chi connectivity index (χ2n) is 6.52. The second-order valence-corrected chi connectivity index (χ2v) is 6.52. The molecule has 5 nitrogen and oxygen atoms in total. The van der Waals surface area contributed by atoms with E-state index in [1.807, 2.05) is 0 Å². The Balaban J connectivity index is 2.44. The molecule has 0 radical (unpaired) electrons. The molecule has 2 aromatic carbocycles. The molecule has 0 aliphatic heterocycles. The lowest BCUT2D eigenvalue weighted by molar-refractivity contribution is -0.142. The van der Waals surface area contributed by atoms with Crippen molar-refractivity contribution in [2.24, 2.45) is 5.92 Å². The Labute approximate surface area is 166 Å². The maximum atomic E-state index is 13.5. The van der Waals surface area contributed by atoms with Crippen LogP contribution in [0.3, 0.4) is 0 Å². The van der Waals surface area contributed by atoms with Crippen molar-refractivity contribution < 1.29 is 32.6 Å². The first-order chi connectivity index (χ1) is 13.7. The van der Waals surface area contributed by atoms with Crippen LogP contribution in [0.2, 0.25) is 0 Å². The van der Waals surface area contributed by atoms with Gasteiger partial charge in [0.1, 0.15) is 5.75 Å². The highest BCUT2D eigenvalue weighted by Gasteiger charge is 2.35. The molecule has 2 aromatic rings. The van der Waals surface area contributed by atoms with Gasteiger partial charge >= 0.3 is 12.1 Å². The van der Waals surface area contributed by atoms with Gasteiger partial charge in [0.25, 0.3) is 5.91 Å². The molecule has 0 saturated carbocycles. The predicted octanol–water partition coefficient (Wildman–Crippen LogP) is 4.47. The number of benzene rings is 2. The number of carboxylic acids is 1. The minimum atomic E-state index is -4.65. The number of nitrogens with zero attached hydrogens (tertiary/aromatic N) is 1. The molecular formula is C21H22F3NO4. The van der Waals surface area contributed by atoms with E-state index in [1.165, 1.54) is 31.4 Å². The van der Waals surface area contributed by atoms with Crippen LogP contribution in [0.4, 0.5) is 13.2 Å². The topological polar surface area (TPSA) is 66.8 Å². The summed E-state index contributed by atoms with van der Waals surface area (Å²) in [7, 11) is 1.26. The Morgan fingerprint density at radius 2 is 1.79 bits per heavy atom. The van der Waals surface area contributed by atoms with E-state index in [0.717, 1.165) is 11.0 Å². The van der Waals surface area contributed by atoms with Crippen molar-refractivity contribution in [3.63, 3.8) is 0 Å². The third-order valence-corrected chi connectivity index (χ3v) is 4.57. The molecular weight excluding hydrogens is 387 g/mol. The highest BCUT2D eigenvalue weighted by Crippen LogP contribution is 2.35. The summed E-state index contributed by atoms with van der Waals surface area (Å²) in [5.74, 6) is -2.49. The molecule has 0 aromatic heterocycles. The Hall–Kier alpha value is -3.03. The quantitative estimate of drug-likeness (QED) is 0.699. The van der Waals surface area contributed by atoms with E-state index in [4.69, 9.17) is 4.74 Å². The fourth-order valence-electron chi connectivity index (χ4n) is 2.92. The van der Waals surface area contributed by atoms with Gasteiger partial charge in [0, 0.05) is 18.7 Å². The molecule has 0 aliphatic rings. The van der Waals surface area contributed by atoms with Crippen LogP contribution < -0.4 is 4.74 Å². The predicted molar refractivity (Wildman–Crippen MR) is 101 cm³/mol. The fraction of sp³-hybridized carbons (Fsp3) is 0.333. The number of carbonyl (C=O) groups is 2. The minimum Gasteiger partial charge on any atom is -0.497 e. The van der Waals surface area contributed by atoms with Gasteiger partial charge < -0.3 is 14.7 Å². The maximum Gasteiger partial charge on any atom is 0.416 e. The number of rotatable bonds is 8. The third kappa shape index (κ3) is 5.73. The van der Waals surface area contributed by atoms with E-state index in [1.54, 1.807) is 25.1 Å². The number of alkyl halides is 3. The smallest absolute Gasteiger partial charge is 0.416 e. The van der Waals surface area contributed by atoms with E-state index in [0.29, 0.717) is 0 Å². The van der Waals surface area contributed by atoms with Crippen molar-refractivity contribution in [3.8, 4) is 5.75 Å². The van der Waals surface area contributed by atoms with Gasteiger partial charge in [-0.15, -0.1) is 0 Å². The van der Waals surface area contributed by atoms with Crippen molar-refractivity contribution in [2.75, 3.05) is 13.7 Å². The molecule has 8 heteroatoms. The summed E-state index contributed by atoms with van der Waals surface area (Å²) in [5.41, 5.74) is -0.788. The van der Waals surface area contributed by atoms with Gasteiger partial charge in [-0.2, -0.15) is 13.2 Å². The van der Waals surface area contributed by atoms with Crippen LogP contribution in [0.25, 0.3) is 0 Å². The van der Waals surface area contributed by atoms with Gasteiger partial charge in [-0.05, 0) is 36.2 Å². The molecule has 0 fully saturated rings. The van der Waals surface area contributed by atoms with Gasteiger partial charge in [0.2, 0.25) is 0 Å². The zero-order chi connectivity index (χ0) is 21.6. The van der Waals surface area contributed by atoms with Crippen molar-refractivity contribution in [1.82, 2.24) is 4.90 Å². The molecule has 1 atom stereocenters. The summed E-state index contributed by atoms with van der Waals surface area (Å²) in [6.45, 7) is 1.07. The molecule has 156 valence electrons. The van der Waals surface area contributed by atoms with Crippen molar-refractivity contribution in [3.05, 3.63) is 65.2 Å². The van der Waals surface area contributed by atoms with E-state index < -0.39 is 29.5 Å². The number of methoxy groups -OCH3 is 1. The summed E-state index contributed by atoms with van der Waals surface area (Å²) in [6, 6.07) is 11.5. The standard InChI is InChI=1S/C21H22F3NO4/c1-3-14(20(27)28)12-25(19(26)15-7-5-4-6-8-15)13-16-9-10-17(29-2)11-18(16)21(22,23)24/h4-11,14H,3,12-13H2,1-2H3,(H,27,28). The van der Waals surface area contributed by atoms with Crippen LogP contribution in [0.1, 0.15) is 34.8 Å². The zero-order valence-corrected chi connectivity index (χ0v) is 16.1. The highest BCUT2D eigenvalue weighted by molar-refractivity contribution is 5.94. The molecule has 0 heterocycles. The molecule has 1 N–H and O–H groups in total. The van der Waals surface area contributed by atoms with Crippen LogP contribution in [0, 0.1) is 5.92 Å². The number of hydrogen-bond acceptors (Lipinski definition) is 3. The summed E-state index contributed by atoms with van der Waals surface area (Å²) in [5, 5.41) is 9.36. The Morgan fingerprint density at radius 3 is 2.31 bits per heavy atom. The van der Waals surface area contributed by atoms with Crippen molar-refractivity contribution in [2.45, 2.75) is 26.1 Å². The largest absolute Gasteiger partial charge is 0.497 e. The molecule has 0 aliphatic carbocycles. The lowest BCUT2D eigenvalue weighted by Gasteiger charge is -2.27. The number of ether oxygens (including phenoxy) is 1. The lowest BCUT2D eigenvalue weighted by Crippen LogP contribution is -2.37. The number of carbonyl (C=O) groups excluding carboxylic acids is 1. The first-order valence-corrected chi connectivity index (χ1v) is 8.98. The summed E-state index contributed by atoms with van der Waals surface area (Å²) >= 11 is 0. The Bertz CT molecular complexity index is 853. The van der Waals surface area contributed by atoms with E-state index in [-0.39, 0.29) is 36.4 Å². The van der Waals surface area contributed by atoms with E-state index in [9.17, 15) is 27.9 Å². The molecule has 1 unspecified atom stereocenters. The Kier molecular flexibility index (Phi) is 7.25. The summed E-state index contributed by atoms with van der Waals surface area (Å²) in [4.78, 5) is 25.5. The van der Waals surface area contributed by atoms with Crippen molar-refractivity contribution >= 4 is 11.9 Å². The first kappa shape index (κ1) is 22.3. The van der Waals surface area contributed by atoms with Crippen LogP contribution in [0.5, 0.6) is 5.75 Å². The van der Waals surface area contributed by atoms with E-state index in [2.05, 4.69) is 0 Å².